The van der Waals surface area contributed by atoms with Crippen LogP contribution in [0.25, 0.3) is 10.6 Å². The minimum atomic E-state index is -0.324. The first-order valence-electron chi connectivity index (χ1n) is 6.89. The van der Waals surface area contributed by atoms with Crippen molar-refractivity contribution in [2.75, 3.05) is 19.6 Å². The molecule has 2 aromatic rings. The van der Waals surface area contributed by atoms with Crippen LogP contribution in [0.3, 0.4) is 0 Å². The Morgan fingerprint density at radius 2 is 2.29 bits per heavy atom. The number of carbonyl (C=O) groups excluding carboxylic acids is 1. The fourth-order valence-electron chi connectivity index (χ4n) is 2.50. The lowest BCUT2D eigenvalue weighted by molar-refractivity contribution is 0.0782. The van der Waals surface area contributed by atoms with Gasteiger partial charge in [0.15, 0.2) is 0 Å². The summed E-state index contributed by atoms with van der Waals surface area (Å²) in [5.74, 6) is -0.0429. The second kappa shape index (κ2) is 5.91. The predicted octanol–water partition coefficient (Wildman–Crippen LogP) is 2.37. The van der Waals surface area contributed by atoms with Gasteiger partial charge in [0.25, 0.3) is 5.91 Å². The maximum Gasteiger partial charge on any atom is 0.273 e. The van der Waals surface area contributed by atoms with Crippen LogP contribution in [0.4, 0.5) is 4.39 Å². The number of hydrogen-bond acceptors (Lipinski definition) is 4. The number of thiazole rings is 1. The summed E-state index contributed by atoms with van der Waals surface area (Å²) < 4.78 is 13.7. The van der Waals surface area contributed by atoms with Gasteiger partial charge in [-0.1, -0.05) is 12.1 Å². The van der Waals surface area contributed by atoms with Gasteiger partial charge in [0, 0.05) is 24.0 Å². The molecule has 21 heavy (non-hydrogen) atoms. The van der Waals surface area contributed by atoms with E-state index in [1.165, 1.54) is 17.4 Å². The second-order valence-electron chi connectivity index (χ2n) is 5.16. The monoisotopic (exact) mass is 305 g/mol. The summed E-state index contributed by atoms with van der Waals surface area (Å²) in [6, 6.07) is 6.45. The van der Waals surface area contributed by atoms with Gasteiger partial charge in [-0.05, 0) is 31.0 Å². The lowest BCUT2D eigenvalue weighted by Gasteiger charge is -2.14. The Morgan fingerprint density at radius 1 is 1.48 bits per heavy atom. The highest BCUT2D eigenvalue weighted by Gasteiger charge is 2.27. The summed E-state index contributed by atoms with van der Waals surface area (Å²) in [5, 5.41) is 2.23. The third kappa shape index (κ3) is 2.82. The van der Waals surface area contributed by atoms with Crippen LogP contribution in [-0.2, 0) is 0 Å². The molecule has 1 amide bonds. The second-order valence-corrected chi connectivity index (χ2v) is 6.02. The minimum Gasteiger partial charge on any atom is -0.337 e. The number of carbonyl (C=O) groups is 1. The zero-order chi connectivity index (χ0) is 14.8. The van der Waals surface area contributed by atoms with Crippen molar-refractivity contribution in [2.24, 2.45) is 11.7 Å². The lowest BCUT2D eigenvalue weighted by atomic mass is 10.1. The number of rotatable bonds is 3. The smallest absolute Gasteiger partial charge is 0.273 e. The van der Waals surface area contributed by atoms with Crippen molar-refractivity contribution in [1.29, 1.82) is 0 Å². The number of hydrogen-bond donors (Lipinski definition) is 1. The van der Waals surface area contributed by atoms with Gasteiger partial charge in [0.2, 0.25) is 0 Å². The van der Waals surface area contributed by atoms with E-state index in [4.69, 9.17) is 5.73 Å². The lowest BCUT2D eigenvalue weighted by Crippen LogP contribution is -2.30. The van der Waals surface area contributed by atoms with Crippen LogP contribution in [-0.4, -0.2) is 35.4 Å². The van der Waals surface area contributed by atoms with Crippen LogP contribution in [0.15, 0.2) is 29.6 Å². The van der Waals surface area contributed by atoms with Gasteiger partial charge >= 0.3 is 0 Å². The molecular weight excluding hydrogens is 289 g/mol. The average molecular weight is 305 g/mol. The normalized spacial score (nSPS) is 18.2. The van der Waals surface area contributed by atoms with Gasteiger partial charge in [-0.3, -0.25) is 4.79 Å². The molecule has 1 fully saturated rings. The summed E-state index contributed by atoms with van der Waals surface area (Å²) in [5.41, 5.74) is 6.46. The van der Waals surface area contributed by atoms with Crippen molar-refractivity contribution in [3.8, 4) is 10.6 Å². The first kappa shape index (κ1) is 14.2. The summed E-state index contributed by atoms with van der Waals surface area (Å²) in [6.07, 6.45) is 0.937. The fraction of sp³-hybridized carbons (Fsp3) is 0.333. The van der Waals surface area contributed by atoms with Crippen LogP contribution in [0.2, 0.25) is 0 Å². The van der Waals surface area contributed by atoms with Crippen molar-refractivity contribution in [1.82, 2.24) is 9.88 Å². The molecule has 2 heterocycles. The molecule has 1 aliphatic rings. The van der Waals surface area contributed by atoms with Crippen molar-refractivity contribution < 1.29 is 9.18 Å². The number of halogens is 1. The molecule has 6 heteroatoms. The summed E-state index contributed by atoms with van der Waals surface area (Å²) in [4.78, 5) is 18.4. The number of nitrogens with two attached hydrogens (primary N) is 1. The van der Waals surface area contributed by atoms with Crippen LogP contribution in [0.1, 0.15) is 16.9 Å². The molecule has 1 aromatic heterocycles. The molecule has 0 saturated carbocycles. The number of nitrogens with zero attached hydrogens (tertiary/aromatic N) is 2. The predicted molar refractivity (Wildman–Crippen MR) is 80.6 cm³/mol. The molecule has 1 unspecified atom stereocenters. The van der Waals surface area contributed by atoms with Gasteiger partial charge < -0.3 is 10.6 Å². The maximum atomic E-state index is 13.7. The Hall–Kier alpha value is -1.79. The number of benzene rings is 1. The van der Waals surface area contributed by atoms with Crippen molar-refractivity contribution in [3.05, 3.63) is 41.2 Å². The Morgan fingerprint density at radius 3 is 3.00 bits per heavy atom. The van der Waals surface area contributed by atoms with Crippen molar-refractivity contribution in [2.45, 2.75) is 6.42 Å². The number of aromatic nitrogens is 1. The van der Waals surface area contributed by atoms with Crippen molar-refractivity contribution in [3.63, 3.8) is 0 Å². The topological polar surface area (TPSA) is 59.2 Å². The molecule has 1 aromatic carbocycles. The zero-order valence-corrected chi connectivity index (χ0v) is 12.3. The van der Waals surface area contributed by atoms with E-state index in [1.807, 2.05) is 0 Å². The fourth-order valence-corrected chi connectivity index (χ4v) is 3.32. The van der Waals surface area contributed by atoms with E-state index in [2.05, 4.69) is 4.98 Å². The third-order valence-electron chi connectivity index (χ3n) is 3.73. The molecule has 1 saturated heterocycles. The van der Waals surface area contributed by atoms with Gasteiger partial charge in [0.1, 0.15) is 16.5 Å². The first-order valence-corrected chi connectivity index (χ1v) is 7.76. The molecular formula is C15H16FN3OS. The molecule has 0 spiro atoms. The Labute approximate surface area is 126 Å². The van der Waals surface area contributed by atoms with E-state index in [-0.39, 0.29) is 11.7 Å². The summed E-state index contributed by atoms with van der Waals surface area (Å²) >= 11 is 1.29. The van der Waals surface area contributed by atoms with E-state index < -0.39 is 0 Å². The highest BCUT2D eigenvalue weighted by molar-refractivity contribution is 7.13. The Balaban J connectivity index is 1.79. The standard InChI is InChI=1S/C15H16FN3OS/c16-12-4-2-1-3-11(12)14-18-13(9-21-14)15(20)19-6-5-10(7-17)8-19/h1-4,9-10H,5-8,17H2. The molecule has 110 valence electrons. The summed E-state index contributed by atoms with van der Waals surface area (Å²) in [7, 11) is 0. The van der Waals surface area contributed by atoms with Gasteiger partial charge in [0.05, 0.1) is 0 Å². The molecule has 0 radical (unpaired) electrons. The van der Waals surface area contributed by atoms with Crippen LogP contribution in [0.5, 0.6) is 0 Å². The van der Waals surface area contributed by atoms with E-state index in [0.717, 1.165) is 6.42 Å². The largest absolute Gasteiger partial charge is 0.337 e. The molecule has 4 nitrogen and oxygen atoms in total. The van der Waals surface area contributed by atoms with Gasteiger partial charge in [-0.25, -0.2) is 9.37 Å². The molecule has 2 N–H and O–H groups in total. The third-order valence-corrected chi connectivity index (χ3v) is 4.61. The zero-order valence-electron chi connectivity index (χ0n) is 11.5. The van der Waals surface area contributed by atoms with E-state index >= 15 is 0 Å². The van der Waals surface area contributed by atoms with Crippen LogP contribution in [0, 0.1) is 11.7 Å². The van der Waals surface area contributed by atoms with Gasteiger partial charge in [-0.15, -0.1) is 11.3 Å². The maximum absolute atomic E-state index is 13.7. The first-order chi connectivity index (χ1) is 10.2. The number of likely N-dealkylation sites (tertiary alicyclic amines) is 1. The Kier molecular flexibility index (Phi) is 3.98. The highest BCUT2D eigenvalue weighted by atomic mass is 32.1. The van der Waals surface area contributed by atoms with E-state index in [9.17, 15) is 9.18 Å². The average Bonchev–Trinajstić information content (AvgIpc) is 3.16. The molecule has 3 rings (SSSR count). The van der Waals surface area contributed by atoms with Crippen LogP contribution < -0.4 is 5.73 Å². The van der Waals surface area contributed by atoms with E-state index in [0.29, 0.717) is 41.8 Å². The quantitative estimate of drug-likeness (QED) is 0.947. The molecule has 1 aliphatic heterocycles. The van der Waals surface area contributed by atoms with E-state index in [1.54, 1.807) is 28.5 Å². The summed E-state index contributed by atoms with van der Waals surface area (Å²) in [6.45, 7) is 2.00. The molecule has 1 atom stereocenters. The Bertz CT molecular complexity index is 658. The minimum absolute atomic E-state index is 0.0928. The number of amides is 1. The van der Waals surface area contributed by atoms with Gasteiger partial charge in [-0.2, -0.15) is 0 Å². The van der Waals surface area contributed by atoms with Crippen LogP contribution >= 0.6 is 11.3 Å². The van der Waals surface area contributed by atoms with Crippen molar-refractivity contribution >= 4 is 17.2 Å². The SMILES string of the molecule is NCC1CCN(C(=O)c2csc(-c3ccccc3F)n2)C1. The molecule has 0 aliphatic carbocycles. The highest BCUT2D eigenvalue weighted by Crippen LogP contribution is 2.27. The molecule has 0 bridgehead atoms.